The molecule has 0 spiro atoms. The van der Waals surface area contributed by atoms with Crippen LogP contribution in [0.25, 0.3) is 0 Å². The van der Waals surface area contributed by atoms with Crippen LogP contribution in [0.3, 0.4) is 0 Å². The standard InChI is InChI=1S/C12H16FNO3/c1-17-11(8-12(15)14-16)7-4-9-2-5-10(13)6-3-9/h2-3,5-6,11,16H,4,7-8H2,1H3,(H,14,15). The van der Waals surface area contributed by atoms with E-state index in [4.69, 9.17) is 9.94 Å². The van der Waals surface area contributed by atoms with E-state index in [9.17, 15) is 9.18 Å². The molecule has 0 aromatic heterocycles. The maximum Gasteiger partial charge on any atom is 0.245 e. The van der Waals surface area contributed by atoms with Gasteiger partial charge in [-0.1, -0.05) is 12.1 Å². The highest BCUT2D eigenvalue weighted by Gasteiger charge is 2.12. The Bertz CT molecular complexity index is 353. The average molecular weight is 241 g/mol. The molecule has 0 aliphatic rings. The fourth-order valence-electron chi connectivity index (χ4n) is 1.53. The van der Waals surface area contributed by atoms with Crippen LogP contribution in [0.1, 0.15) is 18.4 Å². The SMILES string of the molecule is COC(CCc1ccc(F)cc1)CC(=O)NO. The molecule has 1 rings (SSSR count). The molecule has 1 unspecified atom stereocenters. The quantitative estimate of drug-likeness (QED) is 0.588. The summed E-state index contributed by atoms with van der Waals surface area (Å²) in [6, 6.07) is 6.21. The summed E-state index contributed by atoms with van der Waals surface area (Å²) in [5, 5.41) is 8.40. The van der Waals surface area contributed by atoms with Crippen LogP contribution < -0.4 is 5.48 Å². The number of nitrogens with one attached hydrogen (secondary N) is 1. The molecule has 0 radical (unpaired) electrons. The van der Waals surface area contributed by atoms with E-state index < -0.39 is 5.91 Å². The van der Waals surface area contributed by atoms with Crippen molar-refractivity contribution in [3.63, 3.8) is 0 Å². The second kappa shape index (κ2) is 6.98. The van der Waals surface area contributed by atoms with Gasteiger partial charge < -0.3 is 4.74 Å². The zero-order valence-electron chi connectivity index (χ0n) is 9.65. The molecule has 0 saturated carbocycles. The Balaban J connectivity index is 2.42. The molecule has 0 fully saturated rings. The first-order valence-corrected chi connectivity index (χ1v) is 5.36. The minimum absolute atomic E-state index is 0.105. The van der Waals surface area contributed by atoms with Gasteiger partial charge in [-0.15, -0.1) is 0 Å². The van der Waals surface area contributed by atoms with Gasteiger partial charge in [-0.3, -0.25) is 10.0 Å². The molecule has 1 aromatic carbocycles. The Morgan fingerprint density at radius 3 is 2.65 bits per heavy atom. The summed E-state index contributed by atoms with van der Waals surface area (Å²) in [5.74, 6) is -0.743. The van der Waals surface area contributed by atoms with Crippen molar-refractivity contribution in [2.24, 2.45) is 0 Å². The number of ether oxygens (including phenoxy) is 1. The third-order valence-corrected chi connectivity index (χ3v) is 2.54. The molecule has 94 valence electrons. The monoisotopic (exact) mass is 241 g/mol. The van der Waals surface area contributed by atoms with Crippen LogP contribution in [0.2, 0.25) is 0 Å². The normalized spacial score (nSPS) is 12.2. The van der Waals surface area contributed by atoms with Crippen molar-refractivity contribution in [3.05, 3.63) is 35.6 Å². The van der Waals surface area contributed by atoms with Crippen LogP contribution in [-0.4, -0.2) is 24.3 Å². The molecule has 0 saturated heterocycles. The molecular weight excluding hydrogens is 225 g/mol. The van der Waals surface area contributed by atoms with Gasteiger partial charge >= 0.3 is 0 Å². The topological polar surface area (TPSA) is 58.6 Å². The highest BCUT2D eigenvalue weighted by atomic mass is 19.1. The number of amides is 1. The smallest absolute Gasteiger partial charge is 0.245 e. The molecule has 1 amide bonds. The molecule has 0 bridgehead atoms. The predicted molar refractivity (Wildman–Crippen MR) is 60.1 cm³/mol. The molecule has 2 N–H and O–H groups in total. The highest BCUT2D eigenvalue weighted by molar-refractivity contribution is 5.75. The molecule has 0 heterocycles. The first-order chi connectivity index (χ1) is 8.15. The van der Waals surface area contributed by atoms with E-state index in [1.807, 2.05) is 0 Å². The van der Waals surface area contributed by atoms with Crippen molar-refractivity contribution < 1.29 is 19.1 Å². The maximum absolute atomic E-state index is 12.7. The lowest BCUT2D eigenvalue weighted by Gasteiger charge is -2.13. The number of rotatable bonds is 6. The van der Waals surface area contributed by atoms with Crippen molar-refractivity contribution in [3.8, 4) is 0 Å². The largest absolute Gasteiger partial charge is 0.381 e. The van der Waals surface area contributed by atoms with Gasteiger partial charge in [0.05, 0.1) is 12.5 Å². The van der Waals surface area contributed by atoms with Crippen molar-refractivity contribution in [2.75, 3.05) is 7.11 Å². The Kier molecular flexibility index (Phi) is 5.59. The second-order valence-electron chi connectivity index (χ2n) is 3.76. The molecule has 0 aliphatic heterocycles. The summed E-state index contributed by atoms with van der Waals surface area (Å²) in [5.41, 5.74) is 2.55. The van der Waals surface area contributed by atoms with E-state index in [0.29, 0.717) is 12.8 Å². The molecule has 1 atom stereocenters. The minimum Gasteiger partial charge on any atom is -0.381 e. The summed E-state index contributed by atoms with van der Waals surface area (Å²) in [4.78, 5) is 10.9. The van der Waals surface area contributed by atoms with E-state index in [1.165, 1.54) is 19.2 Å². The lowest BCUT2D eigenvalue weighted by Crippen LogP contribution is -2.25. The second-order valence-corrected chi connectivity index (χ2v) is 3.76. The number of aryl methyl sites for hydroxylation is 1. The third kappa shape index (κ3) is 4.93. The number of hydrogen-bond acceptors (Lipinski definition) is 3. The van der Waals surface area contributed by atoms with Crippen LogP contribution in [-0.2, 0) is 16.0 Å². The Morgan fingerprint density at radius 2 is 2.12 bits per heavy atom. The van der Waals surface area contributed by atoms with Crippen LogP contribution in [0.4, 0.5) is 4.39 Å². The van der Waals surface area contributed by atoms with Crippen molar-refractivity contribution >= 4 is 5.91 Å². The average Bonchev–Trinajstić information content (AvgIpc) is 2.36. The Morgan fingerprint density at radius 1 is 1.47 bits per heavy atom. The van der Waals surface area contributed by atoms with E-state index in [2.05, 4.69) is 0 Å². The molecule has 1 aromatic rings. The lowest BCUT2D eigenvalue weighted by atomic mass is 10.0. The summed E-state index contributed by atoms with van der Waals surface area (Å²) in [6.07, 6.45) is 1.17. The van der Waals surface area contributed by atoms with E-state index in [1.54, 1.807) is 17.6 Å². The molecule has 5 heteroatoms. The molecule has 4 nitrogen and oxygen atoms in total. The van der Waals surface area contributed by atoms with Gasteiger partial charge in [-0.25, -0.2) is 9.87 Å². The van der Waals surface area contributed by atoms with Crippen LogP contribution in [0.5, 0.6) is 0 Å². The zero-order valence-corrected chi connectivity index (χ0v) is 9.65. The number of hydrogen-bond donors (Lipinski definition) is 2. The fourth-order valence-corrected chi connectivity index (χ4v) is 1.53. The van der Waals surface area contributed by atoms with Crippen LogP contribution in [0.15, 0.2) is 24.3 Å². The number of methoxy groups -OCH3 is 1. The Labute approximate surface area is 99.4 Å². The molecule has 17 heavy (non-hydrogen) atoms. The van der Waals surface area contributed by atoms with Gasteiger partial charge in [-0.05, 0) is 30.5 Å². The minimum atomic E-state index is -0.476. The van der Waals surface area contributed by atoms with Gasteiger partial charge in [0.1, 0.15) is 5.82 Å². The lowest BCUT2D eigenvalue weighted by molar-refractivity contribution is -0.131. The summed E-state index contributed by atoms with van der Waals surface area (Å²) in [6.45, 7) is 0. The van der Waals surface area contributed by atoms with E-state index in [0.717, 1.165) is 5.56 Å². The van der Waals surface area contributed by atoms with Gasteiger partial charge in [0.2, 0.25) is 5.91 Å². The number of benzene rings is 1. The zero-order chi connectivity index (χ0) is 12.7. The predicted octanol–water partition coefficient (Wildman–Crippen LogP) is 1.67. The third-order valence-electron chi connectivity index (χ3n) is 2.54. The highest BCUT2D eigenvalue weighted by Crippen LogP contribution is 2.10. The molecule has 0 aliphatic carbocycles. The number of hydroxylamine groups is 1. The van der Waals surface area contributed by atoms with Crippen LogP contribution in [0, 0.1) is 5.82 Å². The first-order valence-electron chi connectivity index (χ1n) is 5.36. The number of carbonyl (C=O) groups is 1. The Hall–Kier alpha value is -1.46. The van der Waals surface area contributed by atoms with Crippen LogP contribution >= 0.6 is 0 Å². The van der Waals surface area contributed by atoms with Crippen molar-refractivity contribution in [1.82, 2.24) is 5.48 Å². The summed E-state index contributed by atoms with van der Waals surface area (Å²) < 4.78 is 17.8. The van der Waals surface area contributed by atoms with Gasteiger partial charge in [-0.2, -0.15) is 0 Å². The van der Waals surface area contributed by atoms with Gasteiger partial charge in [0.25, 0.3) is 0 Å². The first kappa shape index (κ1) is 13.6. The van der Waals surface area contributed by atoms with E-state index >= 15 is 0 Å². The van der Waals surface area contributed by atoms with Crippen molar-refractivity contribution in [2.45, 2.75) is 25.4 Å². The van der Waals surface area contributed by atoms with Gasteiger partial charge in [0, 0.05) is 7.11 Å². The number of halogens is 1. The fraction of sp³-hybridized carbons (Fsp3) is 0.417. The molecular formula is C12H16FNO3. The summed E-state index contributed by atoms with van der Waals surface area (Å²) in [7, 11) is 1.51. The van der Waals surface area contributed by atoms with Gasteiger partial charge in [0.15, 0.2) is 0 Å². The number of carbonyl (C=O) groups excluding carboxylic acids is 1. The maximum atomic E-state index is 12.7. The van der Waals surface area contributed by atoms with Crippen molar-refractivity contribution in [1.29, 1.82) is 0 Å². The van der Waals surface area contributed by atoms with E-state index in [-0.39, 0.29) is 18.3 Å². The summed E-state index contributed by atoms with van der Waals surface area (Å²) >= 11 is 0.